The van der Waals surface area contributed by atoms with Crippen LogP contribution in [0.4, 0.5) is 0 Å². The SMILES string of the molecule is IC1=NNCC=C1. The molecule has 38 valence electrons. The molecule has 0 unspecified atom stereocenters. The van der Waals surface area contributed by atoms with E-state index in [0.717, 1.165) is 10.3 Å². The van der Waals surface area contributed by atoms with E-state index in [2.05, 4.69) is 33.1 Å². The molecule has 1 aliphatic heterocycles. The molecule has 1 heterocycles. The summed E-state index contributed by atoms with van der Waals surface area (Å²) in [4.78, 5) is 0. The van der Waals surface area contributed by atoms with Crippen LogP contribution in [0.15, 0.2) is 17.3 Å². The first-order valence-corrected chi connectivity index (χ1v) is 3.10. The van der Waals surface area contributed by atoms with Crippen molar-refractivity contribution in [3.63, 3.8) is 0 Å². The van der Waals surface area contributed by atoms with Crippen molar-refractivity contribution in [2.75, 3.05) is 6.54 Å². The van der Waals surface area contributed by atoms with Gasteiger partial charge in [0, 0.05) is 0 Å². The maximum Gasteiger partial charge on any atom is 0.120 e. The van der Waals surface area contributed by atoms with E-state index in [9.17, 15) is 0 Å². The Kier molecular flexibility index (Phi) is 1.67. The number of halogens is 1. The van der Waals surface area contributed by atoms with Crippen LogP contribution in [0, 0.1) is 0 Å². The van der Waals surface area contributed by atoms with Gasteiger partial charge in [-0.2, -0.15) is 5.10 Å². The van der Waals surface area contributed by atoms with E-state index >= 15 is 0 Å². The van der Waals surface area contributed by atoms with Crippen LogP contribution in [0.2, 0.25) is 0 Å². The van der Waals surface area contributed by atoms with E-state index in [0.29, 0.717) is 0 Å². The van der Waals surface area contributed by atoms with Crippen molar-refractivity contribution in [3.05, 3.63) is 12.2 Å². The second-order valence-corrected chi connectivity index (χ2v) is 2.30. The van der Waals surface area contributed by atoms with Crippen molar-refractivity contribution in [1.29, 1.82) is 0 Å². The number of hydrogen-bond acceptors (Lipinski definition) is 2. The molecule has 3 heteroatoms. The van der Waals surface area contributed by atoms with Gasteiger partial charge in [0.15, 0.2) is 0 Å². The predicted molar refractivity (Wildman–Crippen MR) is 38.6 cm³/mol. The lowest BCUT2D eigenvalue weighted by atomic mass is 10.5. The number of hydrogen-bond donors (Lipinski definition) is 1. The molecule has 0 spiro atoms. The first kappa shape index (κ1) is 5.08. The Hall–Kier alpha value is -0.0600. The summed E-state index contributed by atoms with van der Waals surface area (Å²) in [5, 5.41) is 3.90. The summed E-state index contributed by atoms with van der Waals surface area (Å²) in [5.74, 6) is 0. The van der Waals surface area contributed by atoms with Crippen LogP contribution in [-0.2, 0) is 0 Å². The number of rotatable bonds is 0. The molecular formula is C4H5IN2. The van der Waals surface area contributed by atoms with Crippen LogP contribution in [0.5, 0.6) is 0 Å². The Labute approximate surface area is 55.8 Å². The molecule has 0 radical (unpaired) electrons. The molecule has 0 fully saturated rings. The summed E-state index contributed by atoms with van der Waals surface area (Å²) in [6.45, 7) is 0.868. The fourth-order valence-corrected chi connectivity index (χ4v) is 0.792. The van der Waals surface area contributed by atoms with Gasteiger partial charge in [0.05, 0.1) is 6.54 Å². The highest BCUT2D eigenvalue weighted by molar-refractivity contribution is 14.1. The van der Waals surface area contributed by atoms with Crippen molar-refractivity contribution in [3.8, 4) is 0 Å². The summed E-state index contributed by atoms with van der Waals surface area (Å²) >= 11 is 2.16. The molecular weight excluding hydrogens is 203 g/mol. The van der Waals surface area contributed by atoms with Gasteiger partial charge < -0.3 is 5.43 Å². The normalized spacial score (nSPS) is 18.1. The maximum absolute atomic E-state index is 3.90. The zero-order valence-corrected chi connectivity index (χ0v) is 5.84. The molecule has 7 heavy (non-hydrogen) atoms. The highest BCUT2D eigenvalue weighted by atomic mass is 127. The highest BCUT2D eigenvalue weighted by Gasteiger charge is 1.87. The van der Waals surface area contributed by atoms with Gasteiger partial charge in [-0.25, -0.2) is 0 Å². The third kappa shape index (κ3) is 1.46. The molecule has 0 saturated heterocycles. The zero-order valence-electron chi connectivity index (χ0n) is 3.69. The molecule has 0 bridgehead atoms. The lowest BCUT2D eigenvalue weighted by Crippen LogP contribution is -2.10. The van der Waals surface area contributed by atoms with Crippen LogP contribution in [0.1, 0.15) is 0 Å². The first-order valence-electron chi connectivity index (χ1n) is 2.02. The second kappa shape index (κ2) is 2.30. The van der Waals surface area contributed by atoms with Crippen molar-refractivity contribution in [2.24, 2.45) is 5.10 Å². The van der Waals surface area contributed by atoms with Crippen LogP contribution in [0.25, 0.3) is 0 Å². The summed E-state index contributed by atoms with van der Waals surface area (Å²) in [5.41, 5.74) is 2.83. The average Bonchev–Trinajstić information content (AvgIpc) is 1.69. The lowest BCUT2D eigenvalue weighted by Gasteiger charge is -1.98. The zero-order chi connectivity index (χ0) is 5.11. The fourth-order valence-electron chi connectivity index (χ4n) is 0.367. The van der Waals surface area contributed by atoms with Crippen LogP contribution in [0.3, 0.4) is 0 Å². The summed E-state index contributed by atoms with van der Waals surface area (Å²) in [6.07, 6.45) is 4.02. The number of hydrazone groups is 1. The molecule has 1 aliphatic rings. The van der Waals surface area contributed by atoms with Gasteiger partial charge in [-0.3, -0.25) is 0 Å². The monoisotopic (exact) mass is 208 g/mol. The van der Waals surface area contributed by atoms with Gasteiger partial charge in [0.1, 0.15) is 3.72 Å². The third-order valence-electron chi connectivity index (χ3n) is 0.650. The molecule has 0 aromatic carbocycles. The Morgan fingerprint density at radius 1 is 1.86 bits per heavy atom. The molecule has 1 rings (SSSR count). The fraction of sp³-hybridized carbons (Fsp3) is 0.250. The Bertz CT molecular complexity index is 117. The van der Waals surface area contributed by atoms with Gasteiger partial charge in [0.2, 0.25) is 0 Å². The minimum atomic E-state index is 0.868. The smallest absolute Gasteiger partial charge is 0.120 e. The quantitative estimate of drug-likeness (QED) is 0.587. The van der Waals surface area contributed by atoms with E-state index in [4.69, 9.17) is 0 Å². The number of allylic oxidation sites excluding steroid dienone is 1. The molecule has 0 saturated carbocycles. The number of nitrogens with zero attached hydrogens (tertiary/aromatic N) is 1. The average molecular weight is 208 g/mol. The van der Waals surface area contributed by atoms with Crippen molar-refractivity contribution in [2.45, 2.75) is 0 Å². The largest absolute Gasteiger partial charge is 0.305 e. The first-order chi connectivity index (χ1) is 3.39. The molecule has 0 aromatic rings. The topological polar surface area (TPSA) is 24.4 Å². The van der Waals surface area contributed by atoms with Gasteiger partial charge in [-0.1, -0.05) is 6.08 Å². The van der Waals surface area contributed by atoms with E-state index in [1.807, 2.05) is 12.2 Å². The highest BCUT2D eigenvalue weighted by Crippen LogP contribution is 1.93. The maximum atomic E-state index is 3.90. The molecule has 0 aromatic heterocycles. The van der Waals surface area contributed by atoms with Gasteiger partial charge in [-0.15, -0.1) is 0 Å². The van der Waals surface area contributed by atoms with E-state index in [1.165, 1.54) is 0 Å². The minimum absolute atomic E-state index is 0.868. The predicted octanol–water partition coefficient (Wildman–Crippen LogP) is 0.894. The van der Waals surface area contributed by atoms with Crippen LogP contribution >= 0.6 is 22.6 Å². The van der Waals surface area contributed by atoms with Crippen molar-refractivity contribution in [1.82, 2.24) is 5.43 Å². The van der Waals surface area contributed by atoms with E-state index in [-0.39, 0.29) is 0 Å². The molecule has 2 nitrogen and oxygen atoms in total. The summed E-state index contributed by atoms with van der Waals surface area (Å²) < 4.78 is 1.02. The Balaban J connectivity index is 2.58. The van der Waals surface area contributed by atoms with Gasteiger partial charge in [0.25, 0.3) is 0 Å². The standard InChI is InChI=1S/C4H5IN2/c5-4-2-1-3-6-7-4/h1-2,6H,3H2. The van der Waals surface area contributed by atoms with E-state index < -0.39 is 0 Å². The van der Waals surface area contributed by atoms with Gasteiger partial charge in [-0.05, 0) is 28.7 Å². The van der Waals surface area contributed by atoms with Gasteiger partial charge >= 0.3 is 0 Å². The van der Waals surface area contributed by atoms with E-state index in [1.54, 1.807) is 0 Å². The Morgan fingerprint density at radius 3 is 3.00 bits per heavy atom. The molecule has 1 N–H and O–H groups in total. The molecule has 0 atom stereocenters. The summed E-state index contributed by atoms with van der Waals surface area (Å²) in [6, 6.07) is 0. The van der Waals surface area contributed by atoms with Crippen LogP contribution in [-0.4, -0.2) is 10.3 Å². The molecule has 0 aliphatic carbocycles. The number of nitrogens with one attached hydrogen (secondary N) is 1. The minimum Gasteiger partial charge on any atom is -0.305 e. The molecule has 0 amide bonds. The third-order valence-corrected chi connectivity index (χ3v) is 1.25. The lowest BCUT2D eigenvalue weighted by molar-refractivity contribution is 0.822. The van der Waals surface area contributed by atoms with Crippen LogP contribution < -0.4 is 5.43 Å². The second-order valence-electron chi connectivity index (χ2n) is 1.20. The Morgan fingerprint density at radius 2 is 2.71 bits per heavy atom. The summed E-state index contributed by atoms with van der Waals surface area (Å²) in [7, 11) is 0. The van der Waals surface area contributed by atoms with Crippen molar-refractivity contribution < 1.29 is 0 Å². The van der Waals surface area contributed by atoms with Crippen molar-refractivity contribution >= 4 is 26.3 Å².